The highest BCUT2D eigenvalue weighted by Gasteiger charge is 1.95. The van der Waals surface area contributed by atoms with E-state index in [2.05, 4.69) is 19.1 Å². The van der Waals surface area contributed by atoms with Gasteiger partial charge in [-0.25, -0.2) is 0 Å². The second-order valence-electron chi connectivity index (χ2n) is 5.02. The van der Waals surface area contributed by atoms with Crippen LogP contribution in [0, 0.1) is 0 Å². The lowest BCUT2D eigenvalue weighted by Gasteiger charge is -1.98. The molecule has 0 heterocycles. The van der Waals surface area contributed by atoms with Gasteiger partial charge < -0.3 is 5.11 Å². The smallest absolute Gasteiger partial charge is 0.303 e. The lowest BCUT2D eigenvalue weighted by Crippen LogP contribution is -1.93. The molecule has 0 aliphatic carbocycles. The SMILES string of the molecule is CCCCCCC=CCCCCCCCC(=O)O.Cl. The number of carboxylic acids is 1. The summed E-state index contributed by atoms with van der Waals surface area (Å²) in [5.41, 5.74) is 0. The van der Waals surface area contributed by atoms with Crippen LogP contribution in [0.1, 0.15) is 84.0 Å². The fourth-order valence-corrected chi connectivity index (χ4v) is 1.99. The molecule has 3 heteroatoms. The van der Waals surface area contributed by atoms with Gasteiger partial charge in [0.2, 0.25) is 0 Å². The number of hydrogen-bond donors (Lipinski definition) is 1. The van der Waals surface area contributed by atoms with E-state index < -0.39 is 5.97 Å². The van der Waals surface area contributed by atoms with Crippen molar-refractivity contribution in [1.82, 2.24) is 0 Å². The lowest BCUT2D eigenvalue weighted by molar-refractivity contribution is -0.137. The average molecular weight is 291 g/mol. The van der Waals surface area contributed by atoms with Crippen molar-refractivity contribution in [3.05, 3.63) is 12.2 Å². The molecule has 19 heavy (non-hydrogen) atoms. The Morgan fingerprint density at radius 3 is 1.84 bits per heavy atom. The number of aliphatic carboxylic acids is 1. The molecule has 0 spiro atoms. The Morgan fingerprint density at radius 2 is 1.32 bits per heavy atom. The van der Waals surface area contributed by atoms with Crippen molar-refractivity contribution in [1.29, 1.82) is 0 Å². The van der Waals surface area contributed by atoms with E-state index in [9.17, 15) is 4.79 Å². The summed E-state index contributed by atoms with van der Waals surface area (Å²) >= 11 is 0. The molecule has 0 saturated carbocycles. The standard InChI is InChI=1S/C16H30O2.ClH/c1-2-3-4-5-6-7-8-9-10-11-12-13-14-15-16(17)18;/h7-8H,2-6,9-15H2,1H3,(H,17,18);1H. The molecule has 0 atom stereocenters. The van der Waals surface area contributed by atoms with Crippen LogP contribution in [0.25, 0.3) is 0 Å². The first-order valence-electron chi connectivity index (χ1n) is 7.64. The van der Waals surface area contributed by atoms with E-state index in [0.29, 0.717) is 6.42 Å². The maximum absolute atomic E-state index is 10.3. The van der Waals surface area contributed by atoms with Gasteiger partial charge in [-0.15, -0.1) is 12.4 Å². The number of halogens is 1. The minimum atomic E-state index is -0.666. The third-order valence-electron chi connectivity index (χ3n) is 3.15. The van der Waals surface area contributed by atoms with Crippen molar-refractivity contribution in [3.8, 4) is 0 Å². The summed E-state index contributed by atoms with van der Waals surface area (Å²) in [5.74, 6) is -0.666. The molecule has 0 amide bonds. The predicted octanol–water partition coefficient (Wildman–Crippen LogP) is 5.75. The molecular weight excluding hydrogens is 260 g/mol. The van der Waals surface area contributed by atoms with Crippen molar-refractivity contribution < 1.29 is 9.90 Å². The van der Waals surface area contributed by atoms with E-state index in [-0.39, 0.29) is 12.4 Å². The number of carboxylic acid groups (broad SMARTS) is 1. The van der Waals surface area contributed by atoms with Crippen molar-refractivity contribution in [2.75, 3.05) is 0 Å². The Kier molecular flexibility index (Phi) is 19.2. The molecule has 0 rings (SSSR count). The summed E-state index contributed by atoms with van der Waals surface area (Å²) in [6, 6.07) is 0. The number of carbonyl (C=O) groups is 1. The summed E-state index contributed by atoms with van der Waals surface area (Å²) in [4.78, 5) is 10.3. The molecule has 0 aromatic heterocycles. The normalized spacial score (nSPS) is 10.6. The largest absolute Gasteiger partial charge is 0.481 e. The molecule has 2 nitrogen and oxygen atoms in total. The van der Waals surface area contributed by atoms with E-state index >= 15 is 0 Å². The van der Waals surface area contributed by atoms with Crippen LogP contribution >= 0.6 is 12.4 Å². The van der Waals surface area contributed by atoms with E-state index in [1.165, 1.54) is 57.8 Å². The van der Waals surface area contributed by atoms with E-state index in [4.69, 9.17) is 5.11 Å². The molecule has 0 aromatic carbocycles. The number of rotatable bonds is 13. The van der Waals surface area contributed by atoms with Gasteiger partial charge in [0, 0.05) is 6.42 Å². The van der Waals surface area contributed by atoms with E-state index in [1.807, 2.05) is 0 Å². The molecule has 0 unspecified atom stereocenters. The molecule has 1 N–H and O–H groups in total. The van der Waals surface area contributed by atoms with Crippen molar-refractivity contribution in [3.63, 3.8) is 0 Å². The van der Waals surface area contributed by atoms with Crippen LogP contribution in [-0.4, -0.2) is 11.1 Å². The van der Waals surface area contributed by atoms with Gasteiger partial charge in [-0.1, -0.05) is 57.6 Å². The molecule has 0 fully saturated rings. The summed E-state index contributed by atoms with van der Waals surface area (Å²) in [6.07, 6.45) is 18.3. The minimum Gasteiger partial charge on any atom is -0.481 e. The van der Waals surface area contributed by atoms with E-state index in [0.717, 1.165) is 12.8 Å². The number of allylic oxidation sites excluding steroid dienone is 2. The van der Waals surface area contributed by atoms with Gasteiger partial charge in [0.1, 0.15) is 0 Å². The molecule has 114 valence electrons. The van der Waals surface area contributed by atoms with Crippen LogP contribution < -0.4 is 0 Å². The Balaban J connectivity index is 0. The van der Waals surface area contributed by atoms with Crippen molar-refractivity contribution in [2.24, 2.45) is 0 Å². The quantitative estimate of drug-likeness (QED) is 0.346. The molecule has 0 aromatic rings. The summed E-state index contributed by atoms with van der Waals surface area (Å²) < 4.78 is 0. The first-order chi connectivity index (χ1) is 8.77. The van der Waals surface area contributed by atoms with Crippen molar-refractivity contribution >= 4 is 18.4 Å². The maximum atomic E-state index is 10.3. The monoisotopic (exact) mass is 290 g/mol. The summed E-state index contributed by atoms with van der Waals surface area (Å²) in [7, 11) is 0. The molecule has 0 saturated heterocycles. The minimum absolute atomic E-state index is 0. The molecule has 0 bridgehead atoms. The Labute approximate surface area is 125 Å². The van der Waals surface area contributed by atoms with Gasteiger partial charge >= 0.3 is 5.97 Å². The van der Waals surface area contributed by atoms with Crippen LogP contribution in [0.4, 0.5) is 0 Å². The Bertz CT molecular complexity index is 215. The van der Waals surface area contributed by atoms with Crippen LogP contribution in [0.2, 0.25) is 0 Å². The number of hydrogen-bond acceptors (Lipinski definition) is 1. The van der Waals surface area contributed by atoms with Crippen LogP contribution in [0.15, 0.2) is 12.2 Å². The maximum Gasteiger partial charge on any atom is 0.303 e. The highest BCUT2D eigenvalue weighted by molar-refractivity contribution is 5.85. The lowest BCUT2D eigenvalue weighted by atomic mass is 10.1. The topological polar surface area (TPSA) is 37.3 Å². The van der Waals surface area contributed by atoms with Gasteiger partial charge in [-0.2, -0.15) is 0 Å². The van der Waals surface area contributed by atoms with Gasteiger partial charge in [0.15, 0.2) is 0 Å². The zero-order valence-corrected chi connectivity index (χ0v) is 13.2. The van der Waals surface area contributed by atoms with Gasteiger partial charge in [0.05, 0.1) is 0 Å². The van der Waals surface area contributed by atoms with Crippen LogP contribution in [0.3, 0.4) is 0 Å². The highest BCUT2D eigenvalue weighted by atomic mass is 35.5. The zero-order valence-electron chi connectivity index (χ0n) is 12.4. The van der Waals surface area contributed by atoms with Gasteiger partial charge in [-0.3, -0.25) is 4.79 Å². The van der Waals surface area contributed by atoms with Gasteiger partial charge in [0.25, 0.3) is 0 Å². The van der Waals surface area contributed by atoms with Crippen LogP contribution in [-0.2, 0) is 4.79 Å². The Hall–Kier alpha value is -0.500. The third kappa shape index (κ3) is 20.0. The fraction of sp³-hybridized carbons (Fsp3) is 0.812. The Morgan fingerprint density at radius 1 is 0.842 bits per heavy atom. The highest BCUT2D eigenvalue weighted by Crippen LogP contribution is 2.08. The number of unbranched alkanes of at least 4 members (excludes halogenated alkanes) is 9. The molecule has 0 aliphatic heterocycles. The van der Waals surface area contributed by atoms with Gasteiger partial charge in [-0.05, 0) is 32.1 Å². The van der Waals surface area contributed by atoms with Crippen molar-refractivity contribution in [2.45, 2.75) is 84.0 Å². The third-order valence-corrected chi connectivity index (χ3v) is 3.15. The fourth-order valence-electron chi connectivity index (χ4n) is 1.99. The second-order valence-corrected chi connectivity index (χ2v) is 5.02. The average Bonchev–Trinajstić information content (AvgIpc) is 2.34. The van der Waals surface area contributed by atoms with E-state index in [1.54, 1.807) is 0 Å². The second kappa shape index (κ2) is 17.5. The summed E-state index contributed by atoms with van der Waals surface area (Å²) in [5, 5.41) is 8.48. The first-order valence-corrected chi connectivity index (χ1v) is 7.64. The first kappa shape index (κ1) is 20.8. The molecular formula is C16H31ClO2. The zero-order chi connectivity index (χ0) is 13.5. The molecule has 0 radical (unpaired) electrons. The predicted molar refractivity (Wildman–Crippen MR) is 85.1 cm³/mol. The van der Waals surface area contributed by atoms with Crippen LogP contribution in [0.5, 0.6) is 0 Å². The molecule has 0 aliphatic rings. The summed E-state index contributed by atoms with van der Waals surface area (Å²) in [6.45, 7) is 2.24.